The Morgan fingerprint density at radius 1 is 1.25 bits per heavy atom. The zero-order chi connectivity index (χ0) is 14.4. The lowest BCUT2D eigenvalue weighted by atomic mass is 10.3. The largest absolute Gasteiger partial charge is 0.324 e. The molecule has 106 valence electrons. The topological polar surface area (TPSA) is 41.1 Å². The summed E-state index contributed by atoms with van der Waals surface area (Å²) < 4.78 is 1.67. The van der Waals surface area contributed by atoms with Gasteiger partial charge in [-0.1, -0.05) is 23.7 Å². The molecule has 2 aromatic rings. The molecular formula is C14H14BrClN2OS. The van der Waals surface area contributed by atoms with Crippen LogP contribution in [0, 0.1) is 0 Å². The molecule has 0 aliphatic heterocycles. The van der Waals surface area contributed by atoms with Crippen molar-refractivity contribution in [3.63, 3.8) is 0 Å². The zero-order valence-corrected chi connectivity index (χ0v) is 13.8. The Balaban J connectivity index is 1.69. The Bertz CT molecular complexity index is 588. The van der Waals surface area contributed by atoms with Gasteiger partial charge in [0, 0.05) is 15.9 Å². The van der Waals surface area contributed by atoms with Crippen LogP contribution in [0.5, 0.6) is 0 Å². The molecule has 2 rings (SSSR count). The van der Waals surface area contributed by atoms with Gasteiger partial charge in [0.1, 0.15) is 0 Å². The number of hydrogen-bond acceptors (Lipinski definition) is 3. The molecule has 0 saturated carbocycles. The number of nitrogens with one attached hydrogen (secondary N) is 2. The Morgan fingerprint density at radius 3 is 2.75 bits per heavy atom. The summed E-state index contributed by atoms with van der Waals surface area (Å²) in [6.07, 6.45) is 0.875. The summed E-state index contributed by atoms with van der Waals surface area (Å²) in [5.74, 6) is -0.0545. The first-order chi connectivity index (χ1) is 9.65. The minimum absolute atomic E-state index is 0.0545. The molecule has 6 heteroatoms. The molecule has 1 aromatic carbocycles. The number of rotatable bonds is 6. The SMILES string of the molecule is O=C(CNCCc1ccc(Cl)s1)Nc1ccccc1Br. The second-order valence-electron chi connectivity index (χ2n) is 4.16. The molecule has 0 aliphatic rings. The van der Waals surface area contributed by atoms with Crippen molar-refractivity contribution in [1.82, 2.24) is 5.32 Å². The van der Waals surface area contributed by atoms with Crippen molar-refractivity contribution in [1.29, 1.82) is 0 Å². The van der Waals surface area contributed by atoms with E-state index in [1.807, 2.05) is 36.4 Å². The van der Waals surface area contributed by atoms with E-state index in [0.29, 0.717) is 6.54 Å². The lowest BCUT2D eigenvalue weighted by Crippen LogP contribution is -2.29. The molecule has 0 unspecified atom stereocenters. The molecule has 0 aliphatic carbocycles. The molecule has 0 radical (unpaired) electrons. The summed E-state index contributed by atoms with van der Waals surface area (Å²) in [5, 5.41) is 5.97. The van der Waals surface area contributed by atoms with Crippen LogP contribution in [0.15, 0.2) is 40.9 Å². The molecule has 20 heavy (non-hydrogen) atoms. The number of para-hydroxylation sites is 1. The quantitative estimate of drug-likeness (QED) is 0.753. The van der Waals surface area contributed by atoms with E-state index in [9.17, 15) is 4.79 Å². The van der Waals surface area contributed by atoms with Crippen LogP contribution in [0.3, 0.4) is 0 Å². The maximum Gasteiger partial charge on any atom is 0.238 e. The van der Waals surface area contributed by atoms with E-state index in [1.165, 1.54) is 4.88 Å². The highest BCUT2D eigenvalue weighted by atomic mass is 79.9. The van der Waals surface area contributed by atoms with Gasteiger partial charge in [0.2, 0.25) is 5.91 Å². The zero-order valence-electron chi connectivity index (χ0n) is 10.7. The summed E-state index contributed by atoms with van der Waals surface area (Å²) in [6.45, 7) is 1.04. The number of amides is 1. The molecule has 0 saturated heterocycles. The Kier molecular flexibility index (Phi) is 6.04. The standard InChI is InChI=1S/C14H14BrClN2OS/c15-11-3-1-2-4-12(11)18-14(19)9-17-8-7-10-5-6-13(16)20-10/h1-6,17H,7-9H2,(H,18,19). The third-order valence-electron chi connectivity index (χ3n) is 2.61. The lowest BCUT2D eigenvalue weighted by Gasteiger charge is -2.07. The average Bonchev–Trinajstić information content (AvgIpc) is 2.83. The predicted molar refractivity (Wildman–Crippen MR) is 88.7 cm³/mol. The Hall–Kier alpha value is -0.880. The van der Waals surface area contributed by atoms with Gasteiger partial charge in [0.05, 0.1) is 16.6 Å². The number of hydrogen-bond donors (Lipinski definition) is 2. The molecule has 2 N–H and O–H groups in total. The van der Waals surface area contributed by atoms with Gasteiger partial charge in [0.25, 0.3) is 0 Å². The van der Waals surface area contributed by atoms with Crippen LogP contribution in [0.25, 0.3) is 0 Å². The summed E-state index contributed by atoms with van der Waals surface area (Å²) >= 11 is 10.8. The van der Waals surface area contributed by atoms with E-state index in [1.54, 1.807) is 11.3 Å². The van der Waals surface area contributed by atoms with Gasteiger partial charge in [-0.15, -0.1) is 11.3 Å². The van der Waals surface area contributed by atoms with Crippen molar-refractivity contribution in [3.8, 4) is 0 Å². The molecule has 0 fully saturated rings. The van der Waals surface area contributed by atoms with E-state index in [4.69, 9.17) is 11.6 Å². The third-order valence-corrected chi connectivity index (χ3v) is 4.59. The number of carbonyl (C=O) groups is 1. The van der Waals surface area contributed by atoms with Crippen LogP contribution < -0.4 is 10.6 Å². The first-order valence-corrected chi connectivity index (χ1v) is 8.13. The fourth-order valence-electron chi connectivity index (χ4n) is 1.66. The molecule has 1 amide bonds. The second-order valence-corrected chi connectivity index (χ2v) is 6.81. The Labute approximate surface area is 135 Å². The van der Waals surface area contributed by atoms with E-state index in [0.717, 1.165) is 27.5 Å². The number of halogens is 2. The van der Waals surface area contributed by atoms with Crippen molar-refractivity contribution in [2.75, 3.05) is 18.4 Å². The van der Waals surface area contributed by atoms with E-state index >= 15 is 0 Å². The first-order valence-electron chi connectivity index (χ1n) is 6.14. The van der Waals surface area contributed by atoms with Crippen molar-refractivity contribution >= 4 is 50.5 Å². The lowest BCUT2D eigenvalue weighted by molar-refractivity contribution is -0.115. The van der Waals surface area contributed by atoms with Crippen LogP contribution in [-0.2, 0) is 11.2 Å². The molecule has 0 atom stereocenters. The van der Waals surface area contributed by atoms with Crippen LogP contribution >= 0.6 is 38.9 Å². The third kappa shape index (κ3) is 4.90. The maximum atomic E-state index is 11.8. The van der Waals surface area contributed by atoms with Crippen molar-refractivity contribution in [2.45, 2.75) is 6.42 Å². The van der Waals surface area contributed by atoms with Crippen molar-refractivity contribution in [3.05, 3.63) is 50.1 Å². The predicted octanol–water partition coefficient (Wildman–Crippen LogP) is 3.93. The smallest absolute Gasteiger partial charge is 0.238 e. The van der Waals surface area contributed by atoms with Gasteiger partial charge < -0.3 is 10.6 Å². The second kappa shape index (κ2) is 7.78. The van der Waals surface area contributed by atoms with Gasteiger partial charge in [-0.25, -0.2) is 0 Å². The van der Waals surface area contributed by atoms with E-state index < -0.39 is 0 Å². The van der Waals surface area contributed by atoms with Gasteiger partial charge >= 0.3 is 0 Å². The summed E-state index contributed by atoms with van der Waals surface area (Å²) in [4.78, 5) is 13.0. The van der Waals surface area contributed by atoms with Crippen LogP contribution in [-0.4, -0.2) is 19.0 Å². The van der Waals surface area contributed by atoms with E-state index in [-0.39, 0.29) is 5.91 Å². The van der Waals surface area contributed by atoms with Crippen LogP contribution in [0.2, 0.25) is 4.34 Å². The van der Waals surface area contributed by atoms with Crippen LogP contribution in [0.4, 0.5) is 5.69 Å². The molecular weight excluding hydrogens is 360 g/mol. The normalized spacial score (nSPS) is 10.5. The summed E-state index contributed by atoms with van der Waals surface area (Å²) in [5.41, 5.74) is 0.782. The highest BCUT2D eigenvalue weighted by molar-refractivity contribution is 9.10. The number of anilines is 1. The summed E-state index contributed by atoms with van der Waals surface area (Å²) in [7, 11) is 0. The molecule has 3 nitrogen and oxygen atoms in total. The minimum atomic E-state index is -0.0545. The summed E-state index contributed by atoms with van der Waals surface area (Å²) in [6, 6.07) is 11.4. The Morgan fingerprint density at radius 2 is 2.05 bits per heavy atom. The number of carbonyl (C=O) groups excluding carboxylic acids is 1. The molecule has 0 bridgehead atoms. The van der Waals surface area contributed by atoms with Gasteiger partial charge in [-0.2, -0.15) is 0 Å². The van der Waals surface area contributed by atoms with Crippen LogP contribution in [0.1, 0.15) is 4.88 Å². The van der Waals surface area contributed by atoms with Gasteiger partial charge in [-0.05, 0) is 46.6 Å². The van der Waals surface area contributed by atoms with Crippen molar-refractivity contribution in [2.24, 2.45) is 0 Å². The van der Waals surface area contributed by atoms with Gasteiger partial charge in [-0.3, -0.25) is 4.79 Å². The highest BCUT2D eigenvalue weighted by Gasteiger charge is 2.04. The fourth-order valence-corrected chi connectivity index (χ4v) is 3.13. The number of benzene rings is 1. The van der Waals surface area contributed by atoms with Gasteiger partial charge in [0.15, 0.2) is 0 Å². The highest BCUT2D eigenvalue weighted by Crippen LogP contribution is 2.22. The van der Waals surface area contributed by atoms with Crippen molar-refractivity contribution < 1.29 is 4.79 Å². The fraction of sp³-hybridized carbons (Fsp3) is 0.214. The average molecular weight is 374 g/mol. The monoisotopic (exact) mass is 372 g/mol. The maximum absolute atomic E-state index is 11.8. The van der Waals surface area contributed by atoms with E-state index in [2.05, 4.69) is 26.6 Å². The number of thiophene rings is 1. The minimum Gasteiger partial charge on any atom is -0.324 e. The molecule has 0 spiro atoms. The first kappa shape index (κ1) is 15.5. The molecule has 1 aromatic heterocycles. The molecule has 1 heterocycles.